The van der Waals surface area contributed by atoms with E-state index in [4.69, 9.17) is 22.6 Å². The molecule has 0 aliphatic carbocycles. The Bertz CT molecular complexity index is 843. The maximum absolute atomic E-state index is 8.88. The van der Waals surface area contributed by atoms with Crippen molar-refractivity contribution in [2.24, 2.45) is 5.73 Å². The third-order valence-corrected chi connectivity index (χ3v) is 3.95. The molecular formula is C17H14ClN3. The van der Waals surface area contributed by atoms with Gasteiger partial charge in [-0.1, -0.05) is 29.8 Å². The van der Waals surface area contributed by atoms with Gasteiger partial charge in [0.1, 0.15) is 0 Å². The molecule has 3 nitrogen and oxygen atoms in total. The molecule has 0 saturated carbocycles. The first-order valence-electron chi connectivity index (χ1n) is 6.67. The van der Waals surface area contributed by atoms with Crippen LogP contribution in [-0.4, -0.2) is 4.57 Å². The fraction of sp³-hybridized carbons (Fsp3) is 0.118. The molecule has 0 bridgehead atoms. The molecule has 2 aromatic carbocycles. The number of hydrogen-bond donors (Lipinski definition) is 1. The van der Waals surface area contributed by atoms with Crippen LogP contribution in [0.15, 0.2) is 48.7 Å². The second kappa shape index (κ2) is 5.61. The zero-order valence-electron chi connectivity index (χ0n) is 11.4. The summed E-state index contributed by atoms with van der Waals surface area (Å²) < 4.78 is 2.14. The molecule has 104 valence electrons. The molecule has 0 saturated heterocycles. The fourth-order valence-corrected chi connectivity index (χ4v) is 2.66. The lowest BCUT2D eigenvalue weighted by Crippen LogP contribution is -2.00. The summed E-state index contributed by atoms with van der Waals surface area (Å²) >= 11 is 6.25. The summed E-state index contributed by atoms with van der Waals surface area (Å²) in [7, 11) is 0. The molecule has 0 aliphatic rings. The molecule has 3 aromatic rings. The summed E-state index contributed by atoms with van der Waals surface area (Å²) in [6.45, 7) is 1.20. The van der Waals surface area contributed by atoms with Gasteiger partial charge in [0.2, 0.25) is 0 Å². The van der Waals surface area contributed by atoms with E-state index in [-0.39, 0.29) is 0 Å². The second-order valence-electron chi connectivity index (χ2n) is 4.96. The van der Waals surface area contributed by atoms with Crippen molar-refractivity contribution >= 4 is 22.5 Å². The van der Waals surface area contributed by atoms with Gasteiger partial charge >= 0.3 is 0 Å². The zero-order valence-corrected chi connectivity index (χ0v) is 12.1. The normalized spacial score (nSPS) is 10.7. The Morgan fingerprint density at radius 2 is 2.00 bits per heavy atom. The number of nitrogens with zero attached hydrogens (tertiary/aromatic N) is 2. The lowest BCUT2D eigenvalue weighted by molar-refractivity contribution is 0.836. The van der Waals surface area contributed by atoms with Crippen molar-refractivity contribution in [2.75, 3.05) is 0 Å². The molecule has 3 rings (SSSR count). The number of rotatable bonds is 3. The first kappa shape index (κ1) is 13.7. The van der Waals surface area contributed by atoms with E-state index in [2.05, 4.69) is 28.8 Å². The highest BCUT2D eigenvalue weighted by atomic mass is 35.5. The van der Waals surface area contributed by atoms with E-state index in [1.54, 1.807) is 12.1 Å². The first-order chi connectivity index (χ1) is 10.2. The highest BCUT2D eigenvalue weighted by molar-refractivity contribution is 6.31. The Balaban J connectivity index is 2.00. The zero-order chi connectivity index (χ0) is 14.8. The van der Waals surface area contributed by atoms with Gasteiger partial charge in [-0.3, -0.25) is 0 Å². The van der Waals surface area contributed by atoms with E-state index in [9.17, 15) is 0 Å². The highest BCUT2D eigenvalue weighted by Gasteiger charge is 2.06. The summed E-state index contributed by atoms with van der Waals surface area (Å²) in [6, 6.07) is 15.8. The van der Waals surface area contributed by atoms with Crippen LogP contribution in [0.4, 0.5) is 0 Å². The molecule has 1 heterocycles. The quantitative estimate of drug-likeness (QED) is 0.801. The number of hydrogen-bond acceptors (Lipinski definition) is 2. The van der Waals surface area contributed by atoms with Crippen molar-refractivity contribution in [2.45, 2.75) is 13.1 Å². The molecule has 0 atom stereocenters. The SMILES string of the molecule is N#Cc1ccc(Cn2ccc3ccc(CN)cc32)c(Cl)c1. The van der Waals surface area contributed by atoms with Crippen LogP contribution in [0.2, 0.25) is 5.02 Å². The van der Waals surface area contributed by atoms with Crippen molar-refractivity contribution in [1.29, 1.82) is 5.26 Å². The predicted octanol–water partition coefficient (Wildman–Crippen LogP) is 3.67. The summed E-state index contributed by atoms with van der Waals surface area (Å²) in [6.07, 6.45) is 2.04. The van der Waals surface area contributed by atoms with Gasteiger partial charge in [0.05, 0.1) is 11.6 Å². The smallest absolute Gasteiger partial charge is 0.0992 e. The van der Waals surface area contributed by atoms with Crippen LogP contribution in [0.1, 0.15) is 16.7 Å². The summed E-state index contributed by atoms with van der Waals surface area (Å²) in [5.74, 6) is 0. The molecule has 2 N–H and O–H groups in total. The van der Waals surface area contributed by atoms with Crippen LogP contribution < -0.4 is 5.73 Å². The summed E-state index contributed by atoms with van der Waals surface area (Å²) in [4.78, 5) is 0. The molecule has 1 aromatic heterocycles. The van der Waals surface area contributed by atoms with Gasteiger partial charge < -0.3 is 10.3 Å². The first-order valence-corrected chi connectivity index (χ1v) is 7.05. The Morgan fingerprint density at radius 3 is 2.71 bits per heavy atom. The fourth-order valence-electron chi connectivity index (χ4n) is 2.42. The van der Waals surface area contributed by atoms with E-state index in [1.165, 1.54) is 5.39 Å². The largest absolute Gasteiger partial charge is 0.343 e. The Labute approximate surface area is 128 Å². The van der Waals surface area contributed by atoms with Crippen molar-refractivity contribution in [1.82, 2.24) is 4.57 Å². The minimum atomic E-state index is 0.527. The van der Waals surface area contributed by atoms with Crippen molar-refractivity contribution in [3.63, 3.8) is 0 Å². The molecular weight excluding hydrogens is 282 g/mol. The van der Waals surface area contributed by atoms with Gasteiger partial charge in [0.25, 0.3) is 0 Å². The van der Waals surface area contributed by atoms with Crippen molar-refractivity contribution in [3.05, 3.63) is 70.4 Å². The number of nitriles is 1. The van der Waals surface area contributed by atoms with E-state index >= 15 is 0 Å². The highest BCUT2D eigenvalue weighted by Crippen LogP contribution is 2.23. The molecule has 0 spiro atoms. The predicted molar refractivity (Wildman–Crippen MR) is 85.1 cm³/mol. The summed E-state index contributed by atoms with van der Waals surface area (Å²) in [5.41, 5.74) is 9.52. The molecule has 0 unspecified atom stereocenters. The Morgan fingerprint density at radius 1 is 1.14 bits per heavy atom. The average Bonchev–Trinajstić information content (AvgIpc) is 2.91. The minimum absolute atomic E-state index is 0.527. The van der Waals surface area contributed by atoms with E-state index < -0.39 is 0 Å². The van der Waals surface area contributed by atoms with E-state index in [0.29, 0.717) is 23.7 Å². The Hall–Kier alpha value is -2.28. The van der Waals surface area contributed by atoms with Crippen LogP contribution in [0.3, 0.4) is 0 Å². The van der Waals surface area contributed by atoms with Gasteiger partial charge in [-0.15, -0.1) is 0 Å². The van der Waals surface area contributed by atoms with Crippen LogP contribution in [-0.2, 0) is 13.1 Å². The van der Waals surface area contributed by atoms with Gasteiger partial charge in [-0.25, -0.2) is 0 Å². The van der Waals surface area contributed by atoms with Crippen LogP contribution >= 0.6 is 11.6 Å². The molecule has 0 aliphatic heterocycles. The molecule has 21 heavy (non-hydrogen) atoms. The van der Waals surface area contributed by atoms with E-state index in [1.807, 2.05) is 18.3 Å². The maximum atomic E-state index is 8.88. The van der Waals surface area contributed by atoms with Crippen LogP contribution in [0, 0.1) is 11.3 Å². The van der Waals surface area contributed by atoms with Gasteiger partial charge in [-0.05, 0) is 40.8 Å². The molecule has 0 fully saturated rings. The molecule has 0 radical (unpaired) electrons. The van der Waals surface area contributed by atoms with E-state index in [0.717, 1.165) is 16.6 Å². The Kier molecular flexibility index (Phi) is 3.66. The minimum Gasteiger partial charge on any atom is -0.343 e. The number of halogens is 1. The number of nitrogens with two attached hydrogens (primary N) is 1. The average molecular weight is 296 g/mol. The number of aromatic nitrogens is 1. The number of benzene rings is 2. The van der Waals surface area contributed by atoms with Crippen LogP contribution in [0.5, 0.6) is 0 Å². The lowest BCUT2D eigenvalue weighted by Gasteiger charge is -2.09. The molecule has 0 amide bonds. The third kappa shape index (κ3) is 2.64. The standard InChI is InChI=1S/C17H14ClN3/c18-16-7-12(9-19)2-4-15(16)11-21-6-5-14-3-1-13(10-20)8-17(14)21/h1-8H,10-11,20H2. The third-order valence-electron chi connectivity index (χ3n) is 3.60. The summed E-state index contributed by atoms with van der Waals surface area (Å²) in [5, 5.41) is 10.7. The van der Waals surface area contributed by atoms with Crippen molar-refractivity contribution < 1.29 is 0 Å². The topological polar surface area (TPSA) is 54.7 Å². The van der Waals surface area contributed by atoms with Gasteiger partial charge in [0, 0.05) is 29.8 Å². The van der Waals surface area contributed by atoms with Gasteiger partial charge in [0.15, 0.2) is 0 Å². The maximum Gasteiger partial charge on any atom is 0.0992 e. The monoisotopic (exact) mass is 295 g/mol. The lowest BCUT2D eigenvalue weighted by atomic mass is 10.1. The van der Waals surface area contributed by atoms with Gasteiger partial charge in [-0.2, -0.15) is 5.26 Å². The van der Waals surface area contributed by atoms with Crippen LogP contribution in [0.25, 0.3) is 10.9 Å². The molecule has 4 heteroatoms. The number of fused-ring (bicyclic) bond motifs is 1. The van der Waals surface area contributed by atoms with Crippen molar-refractivity contribution in [3.8, 4) is 6.07 Å². The second-order valence-corrected chi connectivity index (χ2v) is 5.37.